The van der Waals surface area contributed by atoms with Crippen molar-refractivity contribution in [1.29, 1.82) is 0 Å². The molecular weight excluding hydrogens is 556 g/mol. The number of anilines is 1. The Morgan fingerprint density at radius 2 is 1.77 bits per heavy atom. The fourth-order valence-corrected chi connectivity index (χ4v) is 6.64. The molecular formula is C28H29ClN4O4S2. The maximum atomic E-state index is 13.6. The average Bonchev–Trinajstić information content (AvgIpc) is 2.91. The molecule has 3 aromatic carbocycles. The summed E-state index contributed by atoms with van der Waals surface area (Å²) >= 11 is 7.40. The van der Waals surface area contributed by atoms with Crippen molar-refractivity contribution in [2.45, 2.75) is 37.7 Å². The topological polar surface area (TPSA) is 101 Å². The smallest absolute Gasteiger partial charge is 0.266 e. The van der Waals surface area contributed by atoms with E-state index < -0.39 is 15.9 Å². The van der Waals surface area contributed by atoms with Crippen molar-refractivity contribution in [1.82, 2.24) is 13.9 Å². The Morgan fingerprint density at radius 3 is 2.49 bits per heavy atom. The number of aromatic nitrogens is 2. The number of rotatable bonds is 9. The number of fused-ring (bicyclic) bond motifs is 1. The molecule has 0 radical (unpaired) electrons. The van der Waals surface area contributed by atoms with Gasteiger partial charge in [0.2, 0.25) is 15.9 Å². The van der Waals surface area contributed by atoms with Gasteiger partial charge in [-0.2, -0.15) is 4.31 Å². The third-order valence-corrected chi connectivity index (χ3v) is 9.76. The van der Waals surface area contributed by atoms with Gasteiger partial charge in [0.05, 0.1) is 37.9 Å². The van der Waals surface area contributed by atoms with E-state index in [1.54, 1.807) is 38.1 Å². The standard InChI is InChI=1S/C28H29ClN4O4S2/c1-5-32(6-2)39(36,37)20-14-15-22(29)24(16-20)30-26(34)17-38-28-31-23-12-8-7-11-21(23)27(35)33(28)25-13-9-10-18(3)19(25)4/h7-16H,5-6,17H2,1-4H3,(H,30,34). The first-order chi connectivity index (χ1) is 18.6. The summed E-state index contributed by atoms with van der Waals surface area (Å²) in [7, 11) is -3.73. The van der Waals surface area contributed by atoms with Crippen LogP contribution in [-0.2, 0) is 14.8 Å². The molecule has 0 aliphatic rings. The van der Waals surface area contributed by atoms with Crippen molar-refractivity contribution in [2.24, 2.45) is 0 Å². The summed E-state index contributed by atoms with van der Waals surface area (Å²) < 4.78 is 28.7. The largest absolute Gasteiger partial charge is 0.324 e. The van der Waals surface area contributed by atoms with E-state index in [2.05, 4.69) is 5.32 Å². The minimum absolute atomic E-state index is 0.0403. The van der Waals surface area contributed by atoms with Crippen molar-refractivity contribution < 1.29 is 13.2 Å². The number of benzene rings is 3. The second-order valence-corrected chi connectivity index (χ2v) is 12.1. The van der Waals surface area contributed by atoms with Gasteiger partial charge in [-0.25, -0.2) is 13.4 Å². The van der Waals surface area contributed by atoms with E-state index in [1.807, 2.05) is 32.0 Å². The van der Waals surface area contributed by atoms with Crippen LogP contribution in [0.4, 0.5) is 5.69 Å². The number of hydrogen-bond acceptors (Lipinski definition) is 6. The van der Waals surface area contributed by atoms with Gasteiger partial charge in [0.15, 0.2) is 5.16 Å². The highest BCUT2D eigenvalue weighted by Crippen LogP contribution is 2.28. The summed E-state index contributed by atoms with van der Waals surface area (Å²) in [5.41, 5.74) is 3.14. The van der Waals surface area contributed by atoms with Gasteiger partial charge in [-0.1, -0.05) is 61.5 Å². The first-order valence-corrected chi connectivity index (χ1v) is 15.2. The van der Waals surface area contributed by atoms with Gasteiger partial charge in [-0.15, -0.1) is 0 Å². The van der Waals surface area contributed by atoms with Crippen molar-refractivity contribution in [3.63, 3.8) is 0 Å². The number of carbonyl (C=O) groups excluding carboxylic acids is 1. The molecule has 0 saturated heterocycles. The van der Waals surface area contributed by atoms with Crippen LogP contribution in [0, 0.1) is 13.8 Å². The highest BCUT2D eigenvalue weighted by Gasteiger charge is 2.23. The number of halogens is 1. The predicted molar refractivity (Wildman–Crippen MR) is 158 cm³/mol. The fourth-order valence-electron chi connectivity index (χ4n) is 4.19. The molecule has 0 unspecified atom stereocenters. The van der Waals surface area contributed by atoms with Crippen LogP contribution in [0.5, 0.6) is 0 Å². The van der Waals surface area contributed by atoms with Crippen LogP contribution in [0.1, 0.15) is 25.0 Å². The van der Waals surface area contributed by atoms with Crippen LogP contribution in [0.2, 0.25) is 5.02 Å². The summed E-state index contributed by atoms with van der Waals surface area (Å²) in [5.74, 6) is -0.506. The quantitative estimate of drug-likeness (QED) is 0.208. The summed E-state index contributed by atoms with van der Waals surface area (Å²) in [6.07, 6.45) is 0. The first-order valence-electron chi connectivity index (χ1n) is 12.4. The third-order valence-electron chi connectivity index (χ3n) is 6.45. The van der Waals surface area contributed by atoms with Crippen LogP contribution in [-0.4, -0.2) is 47.0 Å². The summed E-state index contributed by atoms with van der Waals surface area (Å²) in [5, 5.41) is 3.76. The summed E-state index contributed by atoms with van der Waals surface area (Å²) in [6.45, 7) is 8.07. The fraction of sp³-hybridized carbons (Fsp3) is 0.250. The molecule has 4 rings (SSSR count). The normalized spacial score (nSPS) is 11.7. The molecule has 0 aliphatic carbocycles. The highest BCUT2D eigenvalue weighted by molar-refractivity contribution is 7.99. The zero-order valence-corrected chi connectivity index (χ0v) is 24.5. The van der Waals surface area contributed by atoms with Crippen molar-refractivity contribution in [2.75, 3.05) is 24.2 Å². The molecule has 0 bridgehead atoms. The van der Waals surface area contributed by atoms with Gasteiger partial charge in [-0.3, -0.25) is 14.2 Å². The number of sulfonamides is 1. The molecule has 8 nitrogen and oxygen atoms in total. The van der Waals surface area contributed by atoms with E-state index in [9.17, 15) is 18.0 Å². The molecule has 0 atom stereocenters. The number of hydrogen-bond donors (Lipinski definition) is 1. The average molecular weight is 585 g/mol. The molecule has 0 fully saturated rings. The molecule has 4 aromatic rings. The SMILES string of the molecule is CCN(CC)S(=O)(=O)c1ccc(Cl)c(NC(=O)CSc2nc3ccccc3c(=O)n2-c2cccc(C)c2C)c1. The molecule has 1 heterocycles. The van der Waals surface area contributed by atoms with E-state index >= 15 is 0 Å². The zero-order valence-electron chi connectivity index (χ0n) is 22.1. The molecule has 1 N–H and O–H groups in total. The Bertz CT molecular complexity index is 1720. The molecule has 1 aromatic heterocycles. The van der Waals surface area contributed by atoms with E-state index in [0.717, 1.165) is 22.9 Å². The van der Waals surface area contributed by atoms with Gasteiger partial charge in [-0.05, 0) is 61.4 Å². The van der Waals surface area contributed by atoms with E-state index in [-0.39, 0.29) is 26.9 Å². The monoisotopic (exact) mass is 584 g/mol. The van der Waals surface area contributed by atoms with Crippen LogP contribution < -0.4 is 10.9 Å². The van der Waals surface area contributed by atoms with Crippen LogP contribution in [0.3, 0.4) is 0 Å². The Morgan fingerprint density at radius 1 is 1.05 bits per heavy atom. The van der Waals surface area contributed by atoms with Gasteiger partial charge in [0, 0.05) is 13.1 Å². The lowest BCUT2D eigenvalue weighted by molar-refractivity contribution is -0.113. The molecule has 204 valence electrons. The highest BCUT2D eigenvalue weighted by atomic mass is 35.5. The molecule has 11 heteroatoms. The number of amides is 1. The number of carbonyl (C=O) groups is 1. The number of aryl methyl sites for hydroxylation is 1. The number of nitrogens with zero attached hydrogens (tertiary/aromatic N) is 3. The molecule has 39 heavy (non-hydrogen) atoms. The molecule has 0 aliphatic heterocycles. The number of nitrogens with one attached hydrogen (secondary N) is 1. The Labute approximate surface area is 237 Å². The van der Waals surface area contributed by atoms with E-state index in [4.69, 9.17) is 16.6 Å². The van der Waals surface area contributed by atoms with Crippen LogP contribution >= 0.6 is 23.4 Å². The lowest BCUT2D eigenvalue weighted by Crippen LogP contribution is -2.30. The molecule has 0 saturated carbocycles. The third kappa shape index (κ3) is 5.89. The lowest BCUT2D eigenvalue weighted by Gasteiger charge is -2.19. The van der Waals surface area contributed by atoms with Gasteiger partial charge in [0.25, 0.3) is 5.56 Å². The van der Waals surface area contributed by atoms with Gasteiger partial charge < -0.3 is 5.32 Å². The Kier molecular flexibility index (Phi) is 8.80. The van der Waals surface area contributed by atoms with Gasteiger partial charge >= 0.3 is 0 Å². The van der Waals surface area contributed by atoms with Crippen LogP contribution in [0.15, 0.2) is 75.5 Å². The number of thioether (sulfide) groups is 1. The lowest BCUT2D eigenvalue weighted by atomic mass is 10.1. The van der Waals surface area contributed by atoms with Crippen molar-refractivity contribution >= 4 is 55.9 Å². The number of para-hydroxylation sites is 1. The van der Waals surface area contributed by atoms with Crippen molar-refractivity contribution in [3.8, 4) is 5.69 Å². The van der Waals surface area contributed by atoms with E-state index in [0.29, 0.717) is 34.8 Å². The summed E-state index contributed by atoms with van der Waals surface area (Å²) in [6, 6.07) is 17.0. The van der Waals surface area contributed by atoms with Gasteiger partial charge in [0.1, 0.15) is 0 Å². The Hall–Kier alpha value is -3.18. The maximum absolute atomic E-state index is 13.6. The molecule has 0 spiro atoms. The maximum Gasteiger partial charge on any atom is 0.266 e. The second kappa shape index (κ2) is 11.9. The molecule has 1 amide bonds. The zero-order chi connectivity index (χ0) is 28.3. The minimum Gasteiger partial charge on any atom is -0.324 e. The minimum atomic E-state index is -3.73. The van der Waals surface area contributed by atoms with E-state index in [1.165, 1.54) is 27.1 Å². The van der Waals surface area contributed by atoms with Crippen LogP contribution in [0.25, 0.3) is 16.6 Å². The first kappa shape index (κ1) is 28.8. The Balaban J connectivity index is 1.65. The second-order valence-electron chi connectivity index (χ2n) is 8.84. The predicted octanol–water partition coefficient (Wildman–Crippen LogP) is 5.42. The summed E-state index contributed by atoms with van der Waals surface area (Å²) in [4.78, 5) is 31.3. The van der Waals surface area contributed by atoms with Crippen molar-refractivity contribution in [3.05, 3.63) is 87.2 Å².